The molecule has 1 heterocycles. The molecule has 1 saturated heterocycles. The molecule has 1 aromatic rings. The van der Waals surface area contributed by atoms with E-state index in [1.807, 2.05) is 0 Å². The van der Waals surface area contributed by atoms with Gasteiger partial charge in [-0.15, -0.1) is 0 Å². The third kappa shape index (κ3) is 2.97. The Bertz CT molecular complexity index is 505. The van der Waals surface area contributed by atoms with Crippen LogP contribution in [0.5, 0.6) is 0 Å². The number of amides is 2. The Kier molecular flexibility index (Phi) is 3.64. The molecule has 1 fully saturated rings. The summed E-state index contributed by atoms with van der Waals surface area (Å²) in [5.41, 5.74) is 4.95. The highest BCUT2D eigenvalue weighted by molar-refractivity contribution is 6.30. The fourth-order valence-corrected chi connectivity index (χ4v) is 2.04. The second-order valence-corrected chi connectivity index (χ2v) is 5.01. The first kappa shape index (κ1) is 13.6. The summed E-state index contributed by atoms with van der Waals surface area (Å²) < 4.78 is 0. The maximum absolute atomic E-state index is 11.9. The lowest BCUT2D eigenvalue weighted by atomic mass is 10.0. The highest BCUT2D eigenvalue weighted by Gasteiger charge is 2.42. The largest absolute Gasteiger partial charge is 0.480 e. The first-order valence-corrected chi connectivity index (χ1v) is 6.12. The van der Waals surface area contributed by atoms with Crippen LogP contribution in [0.1, 0.15) is 6.42 Å². The molecule has 0 spiro atoms. The fourth-order valence-electron chi connectivity index (χ4n) is 1.92. The van der Waals surface area contributed by atoms with Crippen LogP contribution in [-0.2, 0) is 4.79 Å². The van der Waals surface area contributed by atoms with Crippen LogP contribution >= 0.6 is 11.6 Å². The SMILES string of the molecule is NC1(C(=O)O)CCN(C(=O)Nc2ccc(Cl)cc2)C1. The van der Waals surface area contributed by atoms with Crippen LogP contribution in [0.25, 0.3) is 0 Å². The summed E-state index contributed by atoms with van der Waals surface area (Å²) in [7, 11) is 0. The number of anilines is 1. The van der Waals surface area contributed by atoms with Crippen molar-refractivity contribution in [3.63, 3.8) is 0 Å². The van der Waals surface area contributed by atoms with Crippen molar-refractivity contribution >= 4 is 29.3 Å². The molecule has 6 nitrogen and oxygen atoms in total. The molecule has 0 aromatic heterocycles. The highest BCUT2D eigenvalue weighted by atomic mass is 35.5. The summed E-state index contributed by atoms with van der Waals surface area (Å²) in [6.45, 7) is 0.323. The van der Waals surface area contributed by atoms with Gasteiger partial charge in [0.25, 0.3) is 0 Å². The van der Waals surface area contributed by atoms with Crippen molar-refractivity contribution < 1.29 is 14.7 Å². The quantitative estimate of drug-likeness (QED) is 0.763. The molecule has 1 aliphatic rings. The molecule has 0 aliphatic carbocycles. The van der Waals surface area contributed by atoms with Crippen molar-refractivity contribution in [2.45, 2.75) is 12.0 Å². The number of likely N-dealkylation sites (tertiary alicyclic amines) is 1. The first-order valence-electron chi connectivity index (χ1n) is 5.74. The Morgan fingerprint density at radius 3 is 2.53 bits per heavy atom. The van der Waals surface area contributed by atoms with E-state index in [1.165, 1.54) is 4.90 Å². The lowest BCUT2D eigenvalue weighted by Crippen LogP contribution is -2.51. The third-order valence-electron chi connectivity index (χ3n) is 3.11. The summed E-state index contributed by atoms with van der Waals surface area (Å²) in [5, 5.41) is 12.2. The Hall–Kier alpha value is -1.79. The zero-order valence-corrected chi connectivity index (χ0v) is 10.9. The van der Waals surface area contributed by atoms with E-state index >= 15 is 0 Å². The van der Waals surface area contributed by atoms with Crippen LogP contribution in [-0.4, -0.2) is 40.6 Å². The third-order valence-corrected chi connectivity index (χ3v) is 3.36. The van der Waals surface area contributed by atoms with E-state index in [1.54, 1.807) is 24.3 Å². The van der Waals surface area contributed by atoms with Gasteiger partial charge in [0.05, 0.1) is 6.54 Å². The molecular weight excluding hydrogens is 270 g/mol. The van der Waals surface area contributed by atoms with Gasteiger partial charge >= 0.3 is 12.0 Å². The van der Waals surface area contributed by atoms with Crippen molar-refractivity contribution in [1.29, 1.82) is 0 Å². The molecule has 7 heteroatoms. The van der Waals surface area contributed by atoms with E-state index < -0.39 is 11.5 Å². The average molecular weight is 284 g/mol. The zero-order chi connectivity index (χ0) is 14.0. The van der Waals surface area contributed by atoms with Crippen molar-refractivity contribution in [3.8, 4) is 0 Å². The van der Waals surface area contributed by atoms with E-state index in [0.29, 0.717) is 17.3 Å². The normalized spacial score (nSPS) is 22.3. The van der Waals surface area contributed by atoms with Crippen molar-refractivity contribution in [2.24, 2.45) is 5.73 Å². The molecule has 1 atom stereocenters. The zero-order valence-electron chi connectivity index (χ0n) is 10.1. The van der Waals surface area contributed by atoms with E-state index in [4.69, 9.17) is 22.4 Å². The number of rotatable bonds is 2. The van der Waals surface area contributed by atoms with Crippen LogP contribution in [0.3, 0.4) is 0 Å². The van der Waals surface area contributed by atoms with Crippen LogP contribution in [0.15, 0.2) is 24.3 Å². The molecule has 1 aliphatic heterocycles. The molecule has 1 aromatic carbocycles. The summed E-state index contributed by atoms with van der Waals surface area (Å²) in [6, 6.07) is 6.29. The number of halogens is 1. The minimum absolute atomic E-state index is 0.00174. The summed E-state index contributed by atoms with van der Waals surface area (Å²) >= 11 is 5.74. The predicted molar refractivity (Wildman–Crippen MR) is 71.2 cm³/mol. The van der Waals surface area contributed by atoms with Gasteiger partial charge in [-0.2, -0.15) is 0 Å². The van der Waals surface area contributed by atoms with E-state index in [0.717, 1.165) is 0 Å². The Labute approximate surface area is 115 Å². The Morgan fingerprint density at radius 2 is 2.00 bits per heavy atom. The fraction of sp³-hybridized carbons (Fsp3) is 0.333. The molecule has 102 valence electrons. The number of carbonyl (C=O) groups is 2. The van der Waals surface area contributed by atoms with Crippen molar-refractivity contribution in [1.82, 2.24) is 4.90 Å². The molecule has 4 N–H and O–H groups in total. The first-order chi connectivity index (χ1) is 8.90. The van der Waals surface area contributed by atoms with Gasteiger partial charge in [-0.1, -0.05) is 11.6 Å². The highest BCUT2D eigenvalue weighted by Crippen LogP contribution is 2.20. The molecular formula is C12H14ClN3O3. The predicted octanol–water partition coefficient (Wildman–Crippen LogP) is 1.36. The number of urea groups is 1. The van der Waals surface area contributed by atoms with Gasteiger partial charge in [0.15, 0.2) is 0 Å². The molecule has 2 rings (SSSR count). The number of nitrogens with two attached hydrogens (primary N) is 1. The molecule has 2 amide bonds. The maximum Gasteiger partial charge on any atom is 0.325 e. The van der Waals surface area contributed by atoms with E-state index in [-0.39, 0.29) is 19.0 Å². The Balaban J connectivity index is 1.98. The van der Waals surface area contributed by atoms with Gasteiger partial charge in [-0.3, -0.25) is 4.79 Å². The Morgan fingerprint density at radius 1 is 1.37 bits per heavy atom. The number of carboxylic acid groups (broad SMARTS) is 1. The van der Waals surface area contributed by atoms with Crippen LogP contribution in [0, 0.1) is 0 Å². The molecule has 19 heavy (non-hydrogen) atoms. The number of carboxylic acids is 1. The molecule has 0 bridgehead atoms. The number of nitrogens with zero attached hydrogens (tertiary/aromatic N) is 1. The van der Waals surface area contributed by atoms with Gasteiger partial charge in [0.2, 0.25) is 0 Å². The average Bonchev–Trinajstić information content (AvgIpc) is 2.76. The number of hydrogen-bond acceptors (Lipinski definition) is 3. The summed E-state index contributed by atoms with van der Waals surface area (Å²) in [5.74, 6) is -1.09. The lowest BCUT2D eigenvalue weighted by Gasteiger charge is -2.20. The standard InChI is InChI=1S/C12H14ClN3O3/c13-8-1-3-9(4-2-8)15-11(19)16-6-5-12(14,7-16)10(17)18/h1-4H,5-7,14H2,(H,15,19)(H,17,18). The second kappa shape index (κ2) is 5.07. The number of aliphatic carboxylic acids is 1. The van der Waals surface area contributed by atoms with Gasteiger partial charge in [-0.25, -0.2) is 4.79 Å². The second-order valence-electron chi connectivity index (χ2n) is 4.57. The van der Waals surface area contributed by atoms with Crippen molar-refractivity contribution in [2.75, 3.05) is 18.4 Å². The molecule has 0 saturated carbocycles. The van der Waals surface area contributed by atoms with Gasteiger partial charge in [-0.05, 0) is 30.7 Å². The number of hydrogen-bond donors (Lipinski definition) is 3. The van der Waals surface area contributed by atoms with Gasteiger partial charge < -0.3 is 21.1 Å². The summed E-state index contributed by atoms with van der Waals surface area (Å²) in [6.07, 6.45) is 0.246. The smallest absolute Gasteiger partial charge is 0.325 e. The minimum Gasteiger partial charge on any atom is -0.480 e. The summed E-state index contributed by atoms with van der Waals surface area (Å²) in [4.78, 5) is 24.3. The van der Waals surface area contributed by atoms with Crippen LogP contribution in [0.4, 0.5) is 10.5 Å². The van der Waals surface area contributed by atoms with Crippen molar-refractivity contribution in [3.05, 3.63) is 29.3 Å². The van der Waals surface area contributed by atoms with E-state index in [9.17, 15) is 9.59 Å². The maximum atomic E-state index is 11.9. The molecule has 0 radical (unpaired) electrons. The van der Waals surface area contributed by atoms with Crippen LogP contribution < -0.4 is 11.1 Å². The molecule has 1 unspecified atom stereocenters. The number of carbonyl (C=O) groups excluding carboxylic acids is 1. The van der Waals surface area contributed by atoms with Crippen LogP contribution in [0.2, 0.25) is 5.02 Å². The monoisotopic (exact) mass is 283 g/mol. The minimum atomic E-state index is -1.35. The number of benzene rings is 1. The van der Waals surface area contributed by atoms with Gasteiger partial charge in [0.1, 0.15) is 5.54 Å². The van der Waals surface area contributed by atoms with E-state index in [2.05, 4.69) is 5.32 Å². The number of nitrogens with one attached hydrogen (secondary N) is 1. The van der Waals surface area contributed by atoms with Gasteiger partial charge in [0, 0.05) is 17.3 Å². The topological polar surface area (TPSA) is 95.7 Å². The lowest BCUT2D eigenvalue weighted by molar-refractivity contribution is -0.142.